The van der Waals surface area contributed by atoms with Crippen molar-refractivity contribution in [2.75, 3.05) is 11.9 Å². The van der Waals surface area contributed by atoms with E-state index in [0.29, 0.717) is 17.4 Å². The molecule has 0 aliphatic heterocycles. The third-order valence-electron chi connectivity index (χ3n) is 4.14. The molecule has 0 radical (unpaired) electrons. The van der Waals surface area contributed by atoms with Gasteiger partial charge in [-0.15, -0.1) is 0 Å². The lowest BCUT2D eigenvalue weighted by atomic mass is 10.1. The summed E-state index contributed by atoms with van der Waals surface area (Å²) in [5.74, 6) is -0.0440. The van der Waals surface area contributed by atoms with Crippen LogP contribution in [0.2, 0.25) is 0 Å². The summed E-state index contributed by atoms with van der Waals surface area (Å²) in [5, 5.41) is 0.585. The summed E-state index contributed by atoms with van der Waals surface area (Å²) in [7, 11) is 1.74. The quantitative estimate of drug-likeness (QED) is 0.742. The molecular weight excluding hydrogens is 302 g/mol. The molecule has 24 heavy (non-hydrogen) atoms. The maximum atomic E-state index is 12.5. The number of benzene rings is 2. The van der Waals surface area contributed by atoms with Gasteiger partial charge in [0.15, 0.2) is 0 Å². The zero-order valence-electron chi connectivity index (χ0n) is 13.8. The van der Waals surface area contributed by atoms with Crippen molar-refractivity contribution < 1.29 is 4.79 Å². The third kappa shape index (κ3) is 3.06. The molecular formula is C19H19N3O2. The number of fused-ring (bicyclic) bond motifs is 1. The van der Waals surface area contributed by atoms with Gasteiger partial charge < -0.3 is 4.90 Å². The van der Waals surface area contributed by atoms with Gasteiger partial charge in [0.1, 0.15) is 0 Å². The molecule has 3 rings (SSSR count). The van der Waals surface area contributed by atoms with Crippen molar-refractivity contribution in [3.05, 3.63) is 70.8 Å². The maximum Gasteiger partial charge on any atom is 0.261 e. The summed E-state index contributed by atoms with van der Waals surface area (Å²) in [4.78, 5) is 30.8. The van der Waals surface area contributed by atoms with Crippen LogP contribution in [0.25, 0.3) is 10.9 Å². The number of amides is 1. The predicted octanol–water partition coefficient (Wildman–Crippen LogP) is 2.76. The van der Waals surface area contributed by atoms with E-state index >= 15 is 0 Å². The van der Waals surface area contributed by atoms with Crippen LogP contribution >= 0.6 is 0 Å². The second-order valence-corrected chi connectivity index (χ2v) is 5.75. The zero-order chi connectivity index (χ0) is 17.1. The van der Waals surface area contributed by atoms with Crippen LogP contribution in [0, 0.1) is 6.92 Å². The second kappa shape index (κ2) is 6.66. The Labute approximate surface area is 140 Å². The highest BCUT2D eigenvalue weighted by molar-refractivity contribution is 5.92. The predicted molar refractivity (Wildman–Crippen MR) is 95.2 cm³/mol. The van der Waals surface area contributed by atoms with E-state index in [1.807, 2.05) is 49.4 Å². The molecule has 5 heteroatoms. The summed E-state index contributed by atoms with van der Waals surface area (Å²) in [6.07, 6.45) is 1.76. The molecule has 1 amide bonds. The van der Waals surface area contributed by atoms with Crippen LogP contribution in [0.5, 0.6) is 0 Å². The van der Waals surface area contributed by atoms with Crippen molar-refractivity contribution in [2.45, 2.75) is 19.9 Å². The van der Waals surface area contributed by atoms with Gasteiger partial charge in [0.25, 0.3) is 5.56 Å². The molecule has 1 aromatic heterocycles. The van der Waals surface area contributed by atoms with Gasteiger partial charge in [0, 0.05) is 25.7 Å². The second-order valence-electron chi connectivity index (χ2n) is 5.75. The molecule has 0 saturated heterocycles. The number of carbonyl (C=O) groups is 1. The molecule has 0 unspecified atom stereocenters. The monoisotopic (exact) mass is 321 g/mol. The largest absolute Gasteiger partial charge is 0.315 e. The molecule has 5 nitrogen and oxygen atoms in total. The van der Waals surface area contributed by atoms with Crippen molar-refractivity contribution in [2.24, 2.45) is 0 Å². The average Bonchev–Trinajstić information content (AvgIpc) is 2.61. The van der Waals surface area contributed by atoms with Crippen molar-refractivity contribution in [1.82, 2.24) is 9.55 Å². The smallest absolute Gasteiger partial charge is 0.261 e. The van der Waals surface area contributed by atoms with Crippen LogP contribution in [0.3, 0.4) is 0 Å². The van der Waals surface area contributed by atoms with Gasteiger partial charge in [-0.3, -0.25) is 14.2 Å². The Balaban J connectivity index is 1.77. The average molecular weight is 321 g/mol. The fraction of sp³-hybridized carbons (Fsp3) is 0.211. The molecule has 0 N–H and O–H groups in total. The van der Waals surface area contributed by atoms with E-state index in [4.69, 9.17) is 0 Å². The van der Waals surface area contributed by atoms with E-state index in [1.165, 1.54) is 10.9 Å². The lowest BCUT2D eigenvalue weighted by Gasteiger charge is -2.17. The first kappa shape index (κ1) is 15.9. The number of nitrogens with zero attached hydrogens (tertiary/aromatic N) is 3. The van der Waals surface area contributed by atoms with Crippen molar-refractivity contribution >= 4 is 22.5 Å². The van der Waals surface area contributed by atoms with Crippen LogP contribution < -0.4 is 10.5 Å². The number of carbonyl (C=O) groups excluding carboxylic acids is 1. The fourth-order valence-electron chi connectivity index (χ4n) is 2.68. The number of para-hydroxylation sites is 2. The molecule has 0 bridgehead atoms. The number of aromatic nitrogens is 2. The van der Waals surface area contributed by atoms with E-state index in [2.05, 4.69) is 4.98 Å². The molecule has 0 saturated carbocycles. The van der Waals surface area contributed by atoms with Crippen LogP contribution in [0.4, 0.5) is 5.69 Å². The molecule has 122 valence electrons. The lowest BCUT2D eigenvalue weighted by Crippen LogP contribution is -2.29. The molecule has 0 aliphatic carbocycles. The summed E-state index contributed by atoms with van der Waals surface area (Å²) >= 11 is 0. The first-order valence-corrected chi connectivity index (χ1v) is 7.84. The maximum absolute atomic E-state index is 12.5. The number of hydrogen-bond acceptors (Lipinski definition) is 3. The first-order chi connectivity index (χ1) is 11.6. The summed E-state index contributed by atoms with van der Waals surface area (Å²) in [6, 6.07) is 15.0. The fourth-order valence-corrected chi connectivity index (χ4v) is 2.68. The van der Waals surface area contributed by atoms with Crippen molar-refractivity contribution in [3.63, 3.8) is 0 Å². The molecule has 1 heterocycles. The number of anilines is 1. The molecule has 0 fully saturated rings. The lowest BCUT2D eigenvalue weighted by molar-refractivity contribution is -0.118. The zero-order valence-corrected chi connectivity index (χ0v) is 13.8. The van der Waals surface area contributed by atoms with Gasteiger partial charge in [0.05, 0.1) is 17.2 Å². The Kier molecular flexibility index (Phi) is 4.42. The van der Waals surface area contributed by atoms with E-state index in [1.54, 1.807) is 18.0 Å². The van der Waals surface area contributed by atoms with Crippen LogP contribution in [0.1, 0.15) is 12.0 Å². The summed E-state index contributed by atoms with van der Waals surface area (Å²) in [6.45, 7) is 2.24. The van der Waals surface area contributed by atoms with E-state index in [-0.39, 0.29) is 17.9 Å². The van der Waals surface area contributed by atoms with Gasteiger partial charge in [-0.25, -0.2) is 4.98 Å². The summed E-state index contributed by atoms with van der Waals surface area (Å²) in [5.41, 5.74) is 2.41. The highest BCUT2D eigenvalue weighted by atomic mass is 16.2. The van der Waals surface area contributed by atoms with Crippen molar-refractivity contribution in [1.29, 1.82) is 0 Å². The SMILES string of the molecule is Cc1cccc2c(=O)n(CCC(=O)N(C)c3ccccc3)cnc12. The van der Waals surface area contributed by atoms with E-state index in [9.17, 15) is 9.59 Å². The highest BCUT2D eigenvalue weighted by Crippen LogP contribution is 2.13. The van der Waals surface area contributed by atoms with Gasteiger partial charge in [-0.2, -0.15) is 0 Å². The Hall–Kier alpha value is -2.95. The Bertz CT molecular complexity index is 932. The standard InChI is InChI=1S/C19H19N3O2/c1-14-7-6-10-16-18(14)20-13-22(19(16)24)12-11-17(23)21(2)15-8-4-3-5-9-15/h3-10,13H,11-12H2,1-2H3. The third-order valence-corrected chi connectivity index (χ3v) is 4.14. The van der Waals surface area contributed by atoms with Crippen molar-refractivity contribution in [3.8, 4) is 0 Å². The number of hydrogen-bond donors (Lipinski definition) is 0. The molecule has 0 aliphatic rings. The molecule has 0 spiro atoms. The molecule has 0 atom stereocenters. The van der Waals surface area contributed by atoms with E-state index < -0.39 is 0 Å². The Morgan fingerprint density at radius 3 is 2.62 bits per heavy atom. The van der Waals surface area contributed by atoms with Gasteiger partial charge in [-0.1, -0.05) is 30.3 Å². The minimum absolute atomic E-state index is 0.0440. The summed E-state index contributed by atoms with van der Waals surface area (Å²) < 4.78 is 1.50. The minimum Gasteiger partial charge on any atom is -0.315 e. The number of aryl methyl sites for hydroxylation is 2. The van der Waals surface area contributed by atoms with Gasteiger partial charge >= 0.3 is 0 Å². The topological polar surface area (TPSA) is 55.2 Å². The Morgan fingerprint density at radius 2 is 1.88 bits per heavy atom. The highest BCUT2D eigenvalue weighted by Gasteiger charge is 2.12. The van der Waals surface area contributed by atoms with Gasteiger partial charge in [-0.05, 0) is 30.7 Å². The minimum atomic E-state index is -0.112. The van der Waals surface area contributed by atoms with Gasteiger partial charge in [0.2, 0.25) is 5.91 Å². The first-order valence-electron chi connectivity index (χ1n) is 7.84. The van der Waals surface area contributed by atoms with Crippen LogP contribution in [0.15, 0.2) is 59.7 Å². The molecule has 2 aromatic carbocycles. The van der Waals surface area contributed by atoms with Crippen LogP contribution in [-0.4, -0.2) is 22.5 Å². The number of rotatable bonds is 4. The normalized spacial score (nSPS) is 10.8. The van der Waals surface area contributed by atoms with Crippen LogP contribution in [-0.2, 0) is 11.3 Å². The van der Waals surface area contributed by atoms with E-state index in [0.717, 1.165) is 11.3 Å². The Morgan fingerprint density at radius 1 is 1.12 bits per heavy atom. The molecule has 3 aromatic rings.